The summed E-state index contributed by atoms with van der Waals surface area (Å²) in [6.45, 7) is 2.25. The maximum absolute atomic E-state index is 9.21. The van der Waals surface area contributed by atoms with Crippen molar-refractivity contribution in [3.05, 3.63) is 28.6 Å². The van der Waals surface area contributed by atoms with E-state index in [4.69, 9.17) is 0 Å². The predicted molar refractivity (Wildman–Crippen MR) is 64.3 cm³/mol. The molecule has 0 unspecified atom stereocenters. The third-order valence-electron chi connectivity index (χ3n) is 2.34. The topological polar surface area (TPSA) is 20.2 Å². The van der Waals surface area contributed by atoms with E-state index in [1.807, 2.05) is 6.26 Å². The van der Waals surface area contributed by atoms with Gasteiger partial charge in [0.1, 0.15) is 0 Å². The van der Waals surface area contributed by atoms with Gasteiger partial charge in [-0.3, -0.25) is 0 Å². The molecule has 0 aliphatic rings. The van der Waals surface area contributed by atoms with Crippen LogP contribution in [-0.2, 0) is 6.61 Å². The van der Waals surface area contributed by atoms with Gasteiger partial charge in [0.2, 0.25) is 0 Å². The quantitative estimate of drug-likeness (QED) is 0.789. The van der Waals surface area contributed by atoms with Crippen molar-refractivity contribution >= 4 is 33.2 Å². The van der Waals surface area contributed by atoms with Crippen molar-refractivity contribution in [2.45, 2.75) is 18.4 Å². The second kappa shape index (κ2) is 3.93. The molecule has 2 rings (SSSR count). The van der Waals surface area contributed by atoms with E-state index in [-0.39, 0.29) is 6.61 Å². The van der Waals surface area contributed by atoms with E-state index in [9.17, 15) is 5.11 Å². The Balaban J connectivity index is 2.71. The molecular formula is C11H12OS2. The molecule has 1 nitrogen and oxygen atoms in total. The molecule has 0 amide bonds. The van der Waals surface area contributed by atoms with Crippen LogP contribution in [0.1, 0.15) is 11.1 Å². The van der Waals surface area contributed by atoms with Crippen LogP contribution in [0, 0.1) is 6.92 Å². The average Bonchev–Trinajstić information content (AvgIpc) is 2.58. The summed E-state index contributed by atoms with van der Waals surface area (Å²) >= 11 is 3.43. The summed E-state index contributed by atoms with van der Waals surface area (Å²) in [5.41, 5.74) is 2.36. The summed E-state index contributed by atoms with van der Waals surface area (Å²) in [6.07, 6.45) is 2.04. The van der Waals surface area contributed by atoms with Crippen LogP contribution >= 0.6 is 23.1 Å². The standard InChI is InChI=1S/C11H12OS2/c1-7-6-14-11-3-8(5-12)10(13-2)4-9(7)11/h3-4,6,12H,5H2,1-2H3. The van der Waals surface area contributed by atoms with Gasteiger partial charge in [0.25, 0.3) is 0 Å². The number of aliphatic hydroxyl groups excluding tert-OH is 1. The second-order valence-corrected chi connectivity index (χ2v) is 5.00. The monoisotopic (exact) mass is 224 g/mol. The van der Waals surface area contributed by atoms with Crippen molar-refractivity contribution in [3.63, 3.8) is 0 Å². The van der Waals surface area contributed by atoms with Gasteiger partial charge in [0.05, 0.1) is 6.61 Å². The van der Waals surface area contributed by atoms with Gasteiger partial charge in [-0.05, 0) is 47.2 Å². The van der Waals surface area contributed by atoms with Crippen LogP contribution < -0.4 is 0 Å². The van der Waals surface area contributed by atoms with E-state index >= 15 is 0 Å². The van der Waals surface area contributed by atoms with E-state index in [0.717, 1.165) is 5.56 Å². The molecule has 74 valence electrons. The molecule has 0 saturated carbocycles. The highest BCUT2D eigenvalue weighted by atomic mass is 32.2. The first-order valence-corrected chi connectivity index (χ1v) is 6.52. The molecule has 1 aromatic heterocycles. The summed E-state index contributed by atoms with van der Waals surface area (Å²) in [5.74, 6) is 0. The molecule has 0 atom stereocenters. The lowest BCUT2D eigenvalue weighted by molar-refractivity contribution is 0.279. The van der Waals surface area contributed by atoms with Gasteiger partial charge in [-0.2, -0.15) is 0 Å². The lowest BCUT2D eigenvalue weighted by Crippen LogP contribution is -1.86. The van der Waals surface area contributed by atoms with Crippen molar-refractivity contribution in [1.82, 2.24) is 0 Å². The highest BCUT2D eigenvalue weighted by Crippen LogP contribution is 2.32. The molecule has 0 aliphatic carbocycles. The van der Waals surface area contributed by atoms with Crippen molar-refractivity contribution in [3.8, 4) is 0 Å². The van der Waals surface area contributed by atoms with Crippen LogP contribution in [0.3, 0.4) is 0 Å². The summed E-state index contributed by atoms with van der Waals surface area (Å²) in [6, 6.07) is 4.27. The predicted octanol–water partition coefficient (Wildman–Crippen LogP) is 3.42. The third-order valence-corrected chi connectivity index (χ3v) is 4.22. The summed E-state index contributed by atoms with van der Waals surface area (Å²) < 4.78 is 1.27. The molecule has 1 aromatic carbocycles. The van der Waals surface area contributed by atoms with Crippen molar-refractivity contribution in [2.24, 2.45) is 0 Å². The number of aliphatic hydroxyl groups is 1. The van der Waals surface area contributed by atoms with Gasteiger partial charge < -0.3 is 5.11 Å². The van der Waals surface area contributed by atoms with Crippen molar-refractivity contribution in [2.75, 3.05) is 6.26 Å². The number of aryl methyl sites for hydroxylation is 1. The number of fused-ring (bicyclic) bond motifs is 1. The number of thioether (sulfide) groups is 1. The fraction of sp³-hybridized carbons (Fsp3) is 0.273. The molecule has 0 saturated heterocycles. The van der Waals surface area contributed by atoms with Crippen molar-refractivity contribution in [1.29, 1.82) is 0 Å². The first-order valence-electron chi connectivity index (χ1n) is 4.42. The number of thiophene rings is 1. The maximum atomic E-state index is 9.21. The van der Waals surface area contributed by atoms with E-state index in [1.165, 1.54) is 20.5 Å². The number of hydrogen-bond acceptors (Lipinski definition) is 3. The molecule has 3 heteroatoms. The number of rotatable bonds is 2. The van der Waals surface area contributed by atoms with Crippen LogP contribution in [0.4, 0.5) is 0 Å². The smallest absolute Gasteiger partial charge is 0.0693 e. The molecular weight excluding hydrogens is 212 g/mol. The fourth-order valence-corrected chi connectivity index (χ4v) is 3.15. The third kappa shape index (κ3) is 1.56. The van der Waals surface area contributed by atoms with Crippen LogP contribution in [0.5, 0.6) is 0 Å². The Bertz CT molecular complexity index is 460. The van der Waals surface area contributed by atoms with Gasteiger partial charge in [-0.15, -0.1) is 23.1 Å². The Kier molecular flexibility index (Phi) is 2.81. The van der Waals surface area contributed by atoms with Gasteiger partial charge in [0.15, 0.2) is 0 Å². The van der Waals surface area contributed by atoms with Crippen LogP contribution in [-0.4, -0.2) is 11.4 Å². The lowest BCUT2D eigenvalue weighted by Gasteiger charge is -2.04. The molecule has 14 heavy (non-hydrogen) atoms. The van der Waals surface area contributed by atoms with Gasteiger partial charge >= 0.3 is 0 Å². The zero-order chi connectivity index (χ0) is 10.1. The van der Waals surface area contributed by atoms with Crippen LogP contribution in [0.15, 0.2) is 22.4 Å². The Morgan fingerprint density at radius 3 is 2.86 bits per heavy atom. The Labute approximate surface area is 91.8 Å². The minimum Gasteiger partial charge on any atom is -0.392 e. The molecule has 0 fully saturated rings. The summed E-state index contributed by atoms with van der Waals surface area (Å²) in [5, 5.41) is 12.7. The average molecular weight is 224 g/mol. The minimum atomic E-state index is 0.128. The SMILES string of the molecule is CSc1cc2c(C)csc2cc1CO. The highest BCUT2D eigenvalue weighted by molar-refractivity contribution is 7.98. The zero-order valence-electron chi connectivity index (χ0n) is 8.20. The molecule has 0 aliphatic heterocycles. The molecule has 0 spiro atoms. The molecule has 1 N–H and O–H groups in total. The normalized spacial score (nSPS) is 11.1. The Morgan fingerprint density at radius 2 is 2.21 bits per heavy atom. The van der Waals surface area contributed by atoms with E-state index in [1.54, 1.807) is 23.1 Å². The first kappa shape index (κ1) is 10.0. The van der Waals surface area contributed by atoms with Crippen molar-refractivity contribution < 1.29 is 5.11 Å². The molecule has 0 radical (unpaired) electrons. The summed E-state index contributed by atoms with van der Waals surface area (Å²) in [4.78, 5) is 1.18. The van der Waals surface area contributed by atoms with Gasteiger partial charge in [-0.25, -0.2) is 0 Å². The second-order valence-electron chi connectivity index (χ2n) is 3.24. The zero-order valence-corrected chi connectivity index (χ0v) is 9.84. The van der Waals surface area contributed by atoms with Crippen LogP contribution in [0.25, 0.3) is 10.1 Å². The van der Waals surface area contributed by atoms with Crippen LogP contribution in [0.2, 0.25) is 0 Å². The molecule has 1 heterocycles. The molecule has 2 aromatic rings. The first-order chi connectivity index (χ1) is 6.76. The molecule has 0 bridgehead atoms. The fourth-order valence-electron chi connectivity index (χ4n) is 1.54. The maximum Gasteiger partial charge on any atom is 0.0693 e. The Morgan fingerprint density at radius 1 is 1.43 bits per heavy atom. The highest BCUT2D eigenvalue weighted by Gasteiger charge is 2.06. The summed E-state index contributed by atoms with van der Waals surface area (Å²) in [7, 11) is 0. The largest absolute Gasteiger partial charge is 0.392 e. The number of benzene rings is 1. The van der Waals surface area contributed by atoms with Gasteiger partial charge in [-0.1, -0.05) is 0 Å². The van der Waals surface area contributed by atoms with E-state index in [0.29, 0.717) is 0 Å². The number of hydrogen-bond donors (Lipinski definition) is 1. The Hall–Kier alpha value is -0.510. The van der Waals surface area contributed by atoms with E-state index in [2.05, 4.69) is 24.4 Å². The van der Waals surface area contributed by atoms with E-state index < -0.39 is 0 Å². The van der Waals surface area contributed by atoms with Gasteiger partial charge in [0, 0.05) is 9.60 Å². The minimum absolute atomic E-state index is 0.128. The lowest BCUT2D eigenvalue weighted by atomic mass is 10.1.